The van der Waals surface area contributed by atoms with Crippen LogP contribution in [0.1, 0.15) is 31.1 Å². The molecular weight excluding hydrogens is 254 g/mol. The van der Waals surface area contributed by atoms with Gasteiger partial charge in [-0.25, -0.2) is 4.79 Å². The summed E-state index contributed by atoms with van der Waals surface area (Å²) in [5.74, 6) is -0.496. The zero-order valence-corrected chi connectivity index (χ0v) is 11.6. The SMILES string of the molecule is CC(C)(C)OCCOC(=O)c1cc(N)ccc1Cl. The lowest BCUT2D eigenvalue weighted by atomic mass is 10.2. The molecule has 0 atom stereocenters. The molecule has 1 aromatic rings. The highest BCUT2D eigenvalue weighted by atomic mass is 35.5. The minimum Gasteiger partial charge on any atom is -0.460 e. The Morgan fingerprint density at radius 3 is 2.61 bits per heavy atom. The van der Waals surface area contributed by atoms with E-state index in [0.717, 1.165) is 0 Å². The van der Waals surface area contributed by atoms with Crippen molar-refractivity contribution in [2.45, 2.75) is 26.4 Å². The van der Waals surface area contributed by atoms with Crippen molar-refractivity contribution in [2.75, 3.05) is 18.9 Å². The van der Waals surface area contributed by atoms with Crippen molar-refractivity contribution in [1.82, 2.24) is 0 Å². The number of benzene rings is 1. The lowest BCUT2D eigenvalue weighted by Gasteiger charge is -2.19. The summed E-state index contributed by atoms with van der Waals surface area (Å²) in [5.41, 5.74) is 6.08. The first-order valence-electron chi connectivity index (χ1n) is 5.66. The quantitative estimate of drug-likeness (QED) is 0.520. The number of esters is 1. The molecule has 100 valence electrons. The van der Waals surface area contributed by atoms with Crippen molar-refractivity contribution < 1.29 is 14.3 Å². The molecule has 0 heterocycles. The fourth-order valence-electron chi connectivity index (χ4n) is 1.26. The van der Waals surface area contributed by atoms with Gasteiger partial charge in [-0.15, -0.1) is 0 Å². The van der Waals surface area contributed by atoms with Gasteiger partial charge in [-0.05, 0) is 39.0 Å². The second kappa shape index (κ2) is 6.07. The molecule has 0 bridgehead atoms. The maximum Gasteiger partial charge on any atom is 0.339 e. The van der Waals surface area contributed by atoms with Crippen LogP contribution in [0.25, 0.3) is 0 Å². The van der Waals surface area contributed by atoms with Crippen LogP contribution in [-0.2, 0) is 9.47 Å². The van der Waals surface area contributed by atoms with E-state index in [2.05, 4.69) is 0 Å². The van der Waals surface area contributed by atoms with Crippen molar-refractivity contribution in [1.29, 1.82) is 0 Å². The first-order valence-corrected chi connectivity index (χ1v) is 6.03. The molecule has 5 heteroatoms. The number of carbonyl (C=O) groups is 1. The Morgan fingerprint density at radius 2 is 2.00 bits per heavy atom. The average molecular weight is 272 g/mol. The molecule has 2 N–H and O–H groups in total. The third-order valence-corrected chi connectivity index (χ3v) is 2.39. The Labute approximate surface area is 112 Å². The normalized spacial score (nSPS) is 11.3. The summed E-state index contributed by atoms with van der Waals surface area (Å²) in [4.78, 5) is 11.7. The fraction of sp³-hybridized carbons (Fsp3) is 0.462. The van der Waals surface area contributed by atoms with Crippen LogP contribution in [0, 0.1) is 0 Å². The summed E-state index contributed by atoms with van der Waals surface area (Å²) >= 11 is 5.89. The first-order chi connectivity index (χ1) is 8.29. The van der Waals surface area contributed by atoms with Crippen LogP contribution < -0.4 is 5.73 Å². The van der Waals surface area contributed by atoms with E-state index in [9.17, 15) is 4.79 Å². The highest BCUT2D eigenvalue weighted by molar-refractivity contribution is 6.33. The molecule has 0 aliphatic carbocycles. The summed E-state index contributed by atoms with van der Waals surface area (Å²) in [6.45, 7) is 6.33. The molecule has 0 radical (unpaired) electrons. The second-order valence-electron chi connectivity index (χ2n) is 4.84. The number of anilines is 1. The van der Waals surface area contributed by atoms with Crippen LogP contribution in [0.4, 0.5) is 5.69 Å². The molecule has 0 amide bonds. The molecule has 0 spiro atoms. The van der Waals surface area contributed by atoms with Gasteiger partial charge in [0.25, 0.3) is 0 Å². The zero-order chi connectivity index (χ0) is 13.8. The minimum atomic E-state index is -0.496. The van der Waals surface area contributed by atoms with Gasteiger partial charge in [0.2, 0.25) is 0 Å². The van der Waals surface area contributed by atoms with Gasteiger partial charge in [0, 0.05) is 5.69 Å². The first kappa shape index (κ1) is 14.8. The number of hydrogen-bond donors (Lipinski definition) is 1. The molecule has 18 heavy (non-hydrogen) atoms. The van der Waals surface area contributed by atoms with Gasteiger partial charge in [0.15, 0.2) is 0 Å². The topological polar surface area (TPSA) is 61.5 Å². The van der Waals surface area contributed by atoms with E-state index in [1.54, 1.807) is 12.1 Å². The van der Waals surface area contributed by atoms with E-state index in [4.69, 9.17) is 26.8 Å². The zero-order valence-electron chi connectivity index (χ0n) is 10.8. The highest BCUT2D eigenvalue weighted by Gasteiger charge is 2.13. The molecule has 4 nitrogen and oxygen atoms in total. The van der Waals surface area contributed by atoms with Crippen molar-refractivity contribution in [3.05, 3.63) is 28.8 Å². The van der Waals surface area contributed by atoms with E-state index in [1.165, 1.54) is 6.07 Å². The maximum absolute atomic E-state index is 11.7. The average Bonchev–Trinajstić information content (AvgIpc) is 2.26. The number of carbonyl (C=O) groups excluding carboxylic acids is 1. The van der Waals surface area contributed by atoms with Crippen molar-refractivity contribution in [2.24, 2.45) is 0 Å². The molecule has 1 aromatic carbocycles. The smallest absolute Gasteiger partial charge is 0.339 e. The molecule has 0 saturated heterocycles. The minimum absolute atomic E-state index is 0.182. The maximum atomic E-state index is 11.7. The molecule has 0 aliphatic rings. The van der Waals surface area contributed by atoms with Gasteiger partial charge in [-0.2, -0.15) is 0 Å². The molecular formula is C13H18ClNO3. The number of nitrogen functional groups attached to an aromatic ring is 1. The third-order valence-electron chi connectivity index (χ3n) is 2.06. The Hall–Kier alpha value is -1.26. The summed E-state index contributed by atoms with van der Waals surface area (Å²) in [5, 5.41) is 0.325. The number of halogens is 1. The third kappa shape index (κ3) is 4.94. The fourth-order valence-corrected chi connectivity index (χ4v) is 1.45. The van der Waals surface area contributed by atoms with Crippen molar-refractivity contribution >= 4 is 23.3 Å². The van der Waals surface area contributed by atoms with Crippen molar-refractivity contribution in [3.8, 4) is 0 Å². The second-order valence-corrected chi connectivity index (χ2v) is 5.24. The number of rotatable bonds is 4. The lowest BCUT2D eigenvalue weighted by molar-refractivity contribution is -0.0281. The molecule has 0 saturated carbocycles. The van der Waals surface area contributed by atoms with E-state index in [0.29, 0.717) is 17.3 Å². The Balaban J connectivity index is 2.48. The predicted octanol–water partition coefficient (Wildman–Crippen LogP) is 2.89. The Kier molecular flexibility index (Phi) is 4.99. The molecule has 0 fully saturated rings. The molecule has 0 aliphatic heterocycles. The molecule has 0 unspecified atom stereocenters. The Bertz CT molecular complexity index is 427. The van der Waals surface area contributed by atoms with Crippen LogP contribution in [0.15, 0.2) is 18.2 Å². The van der Waals surface area contributed by atoms with E-state index in [1.807, 2.05) is 20.8 Å². The summed E-state index contributed by atoms with van der Waals surface area (Å²) < 4.78 is 10.5. The standard InChI is InChI=1S/C13H18ClNO3/c1-13(2,3)18-7-6-17-12(16)10-8-9(15)4-5-11(10)14/h4-5,8H,6-7,15H2,1-3H3. The molecule has 1 rings (SSSR count). The number of ether oxygens (including phenoxy) is 2. The largest absolute Gasteiger partial charge is 0.460 e. The van der Waals surface area contributed by atoms with Gasteiger partial charge in [-0.1, -0.05) is 11.6 Å². The summed E-state index contributed by atoms with van der Waals surface area (Å²) in [6.07, 6.45) is 0. The van der Waals surface area contributed by atoms with Gasteiger partial charge >= 0.3 is 5.97 Å². The van der Waals surface area contributed by atoms with Gasteiger partial charge < -0.3 is 15.2 Å². The van der Waals surface area contributed by atoms with E-state index >= 15 is 0 Å². The van der Waals surface area contributed by atoms with Crippen LogP contribution in [0.5, 0.6) is 0 Å². The van der Waals surface area contributed by atoms with Crippen LogP contribution >= 0.6 is 11.6 Å². The van der Waals surface area contributed by atoms with Crippen molar-refractivity contribution in [3.63, 3.8) is 0 Å². The van der Waals surface area contributed by atoms with Gasteiger partial charge in [-0.3, -0.25) is 0 Å². The Morgan fingerprint density at radius 1 is 1.33 bits per heavy atom. The van der Waals surface area contributed by atoms with Crippen LogP contribution in [-0.4, -0.2) is 24.8 Å². The summed E-state index contributed by atoms with van der Waals surface area (Å²) in [7, 11) is 0. The lowest BCUT2D eigenvalue weighted by Crippen LogP contribution is -2.22. The number of hydrogen-bond acceptors (Lipinski definition) is 4. The van der Waals surface area contributed by atoms with E-state index in [-0.39, 0.29) is 17.8 Å². The molecule has 0 aromatic heterocycles. The van der Waals surface area contributed by atoms with Gasteiger partial charge in [0.1, 0.15) is 6.61 Å². The van der Waals surface area contributed by atoms with Gasteiger partial charge in [0.05, 0.1) is 22.8 Å². The predicted molar refractivity (Wildman–Crippen MR) is 71.9 cm³/mol. The number of nitrogens with two attached hydrogens (primary N) is 1. The van der Waals surface area contributed by atoms with E-state index < -0.39 is 5.97 Å². The summed E-state index contributed by atoms with van der Waals surface area (Å²) in [6, 6.07) is 4.69. The van der Waals surface area contributed by atoms with Crippen LogP contribution in [0.2, 0.25) is 5.02 Å². The van der Waals surface area contributed by atoms with Crippen LogP contribution in [0.3, 0.4) is 0 Å². The monoisotopic (exact) mass is 271 g/mol. The highest BCUT2D eigenvalue weighted by Crippen LogP contribution is 2.19.